The van der Waals surface area contributed by atoms with Crippen molar-refractivity contribution in [2.45, 2.75) is 31.7 Å². The van der Waals surface area contributed by atoms with Crippen LogP contribution in [0.25, 0.3) is 0 Å². The van der Waals surface area contributed by atoms with Gasteiger partial charge >= 0.3 is 11.9 Å². The Morgan fingerprint density at radius 2 is 2.05 bits per heavy atom. The molecular weight excluding hydrogens is 296 g/mol. The Kier molecular flexibility index (Phi) is 4.63. The fraction of sp³-hybridized carbons (Fsp3) is 0.467. The summed E-state index contributed by atoms with van der Waals surface area (Å²) in [6.07, 6.45) is 1.22. The lowest BCUT2D eigenvalue weighted by atomic mass is 10.1. The number of halogens is 2. The number of carboxylic acid groups (broad SMARTS) is 1. The van der Waals surface area contributed by atoms with E-state index in [2.05, 4.69) is 0 Å². The predicted molar refractivity (Wildman–Crippen MR) is 73.8 cm³/mol. The van der Waals surface area contributed by atoms with Gasteiger partial charge in [0.2, 0.25) is 0 Å². The number of rotatable bonds is 7. The maximum absolute atomic E-state index is 14.4. The van der Waals surface area contributed by atoms with Crippen molar-refractivity contribution in [3.63, 3.8) is 0 Å². The zero-order valence-corrected chi connectivity index (χ0v) is 12.0. The molecule has 0 heterocycles. The second kappa shape index (κ2) is 6.29. The highest BCUT2D eigenvalue weighted by atomic mass is 19.3. The summed E-state index contributed by atoms with van der Waals surface area (Å²) < 4.78 is 33.8. The SMILES string of the molecule is CCOc1ccccc1C(F)(F)C(=O)NC(C(=O)O)C1CC1. The van der Waals surface area contributed by atoms with Crippen LogP contribution >= 0.6 is 0 Å². The molecule has 1 aromatic carbocycles. The number of alkyl halides is 2. The van der Waals surface area contributed by atoms with Crippen LogP contribution in [0.4, 0.5) is 8.78 Å². The minimum Gasteiger partial charge on any atom is -0.493 e. The largest absolute Gasteiger partial charge is 0.493 e. The molecule has 1 unspecified atom stereocenters. The van der Waals surface area contributed by atoms with Crippen LogP contribution in [0.1, 0.15) is 25.3 Å². The molecule has 0 aromatic heterocycles. The van der Waals surface area contributed by atoms with Crippen LogP contribution in [-0.2, 0) is 15.5 Å². The molecule has 0 aliphatic heterocycles. The van der Waals surface area contributed by atoms with Crippen molar-refractivity contribution in [1.29, 1.82) is 0 Å². The number of carbonyl (C=O) groups excluding carboxylic acids is 1. The van der Waals surface area contributed by atoms with Crippen molar-refractivity contribution >= 4 is 11.9 Å². The van der Waals surface area contributed by atoms with E-state index >= 15 is 0 Å². The van der Waals surface area contributed by atoms with Crippen LogP contribution in [-0.4, -0.2) is 29.6 Å². The van der Waals surface area contributed by atoms with Gasteiger partial charge in [0, 0.05) is 0 Å². The Labute approximate surface area is 126 Å². The Bertz CT molecular complexity index is 572. The Balaban J connectivity index is 2.21. The number of benzene rings is 1. The number of hydrogen-bond acceptors (Lipinski definition) is 3. The molecule has 7 heteroatoms. The Morgan fingerprint density at radius 1 is 1.41 bits per heavy atom. The number of para-hydroxylation sites is 1. The van der Waals surface area contributed by atoms with Gasteiger partial charge in [-0.15, -0.1) is 0 Å². The third kappa shape index (κ3) is 3.35. The number of ether oxygens (including phenoxy) is 1. The zero-order chi connectivity index (χ0) is 16.3. The molecule has 0 saturated heterocycles. The lowest BCUT2D eigenvalue weighted by Crippen LogP contribution is -2.48. The van der Waals surface area contributed by atoms with Gasteiger partial charge in [-0.05, 0) is 37.8 Å². The third-order valence-corrected chi connectivity index (χ3v) is 3.46. The molecule has 2 N–H and O–H groups in total. The number of nitrogens with one attached hydrogen (secondary N) is 1. The molecule has 5 nitrogen and oxygen atoms in total. The van der Waals surface area contributed by atoms with Crippen LogP contribution in [0.5, 0.6) is 5.75 Å². The number of hydrogen-bond donors (Lipinski definition) is 2. The van der Waals surface area contributed by atoms with E-state index in [0.717, 1.165) is 6.07 Å². The maximum atomic E-state index is 14.4. The van der Waals surface area contributed by atoms with E-state index in [1.165, 1.54) is 18.2 Å². The van der Waals surface area contributed by atoms with Crippen LogP contribution in [0, 0.1) is 5.92 Å². The van der Waals surface area contributed by atoms with E-state index in [0.29, 0.717) is 12.8 Å². The third-order valence-electron chi connectivity index (χ3n) is 3.46. The molecule has 0 radical (unpaired) electrons. The Morgan fingerprint density at radius 3 is 2.59 bits per heavy atom. The van der Waals surface area contributed by atoms with E-state index in [1.807, 2.05) is 5.32 Å². The van der Waals surface area contributed by atoms with Gasteiger partial charge in [0.05, 0.1) is 12.2 Å². The highest BCUT2D eigenvalue weighted by Crippen LogP contribution is 2.37. The molecule has 0 bridgehead atoms. The van der Waals surface area contributed by atoms with Crippen LogP contribution in [0.3, 0.4) is 0 Å². The summed E-state index contributed by atoms with van der Waals surface area (Å²) in [7, 11) is 0. The molecule has 1 saturated carbocycles. The fourth-order valence-electron chi connectivity index (χ4n) is 2.17. The van der Waals surface area contributed by atoms with Gasteiger partial charge in [0.25, 0.3) is 5.91 Å². The lowest BCUT2D eigenvalue weighted by Gasteiger charge is -2.21. The zero-order valence-electron chi connectivity index (χ0n) is 12.0. The van der Waals surface area contributed by atoms with Gasteiger partial charge in [0.15, 0.2) is 0 Å². The highest BCUT2D eigenvalue weighted by Gasteiger charge is 2.47. The molecule has 1 aromatic rings. The first kappa shape index (κ1) is 16.2. The van der Waals surface area contributed by atoms with Crippen molar-refractivity contribution in [3.05, 3.63) is 29.8 Å². The van der Waals surface area contributed by atoms with E-state index in [9.17, 15) is 18.4 Å². The van der Waals surface area contributed by atoms with Crippen molar-refractivity contribution in [2.75, 3.05) is 6.61 Å². The monoisotopic (exact) mass is 313 g/mol. The van der Waals surface area contributed by atoms with Gasteiger partial charge in [-0.1, -0.05) is 12.1 Å². The minimum absolute atomic E-state index is 0.0940. The van der Waals surface area contributed by atoms with Gasteiger partial charge in [0.1, 0.15) is 11.8 Å². The summed E-state index contributed by atoms with van der Waals surface area (Å²) in [5.74, 6) is -7.17. The van der Waals surface area contributed by atoms with E-state index in [1.54, 1.807) is 6.92 Å². The smallest absolute Gasteiger partial charge is 0.353 e. The van der Waals surface area contributed by atoms with Crippen molar-refractivity contribution in [3.8, 4) is 5.75 Å². The van der Waals surface area contributed by atoms with Crippen LogP contribution < -0.4 is 10.1 Å². The molecule has 120 valence electrons. The molecule has 1 aliphatic carbocycles. The average molecular weight is 313 g/mol. The summed E-state index contributed by atoms with van der Waals surface area (Å²) in [4.78, 5) is 23.0. The second-order valence-electron chi connectivity index (χ2n) is 5.13. The maximum Gasteiger partial charge on any atom is 0.353 e. The number of carboxylic acids is 1. The summed E-state index contributed by atoms with van der Waals surface area (Å²) >= 11 is 0. The summed E-state index contributed by atoms with van der Waals surface area (Å²) in [6, 6.07) is 4.05. The van der Waals surface area contributed by atoms with Crippen molar-refractivity contribution < 1.29 is 28.2 Å². The minimum atomic E-state index is -3.87. The topological polar surface area (TPSA) is 75.6 Å². The normalized spacial score (nSPS) is 16.0. The molecular formula is C15H17F2NO4. The molecule has 2 rings (SSSR count). The molecule has 1 atom stereocenters. The molecule has 1 fully saturated rings. The molecule has 0 spiro atoms. The van der Waals surface area contributed by atoms with Crippen molar-refractivity contribution in [1.82, 2.24) is 5.32 Å². The summed E-state index contributed by atoms with van der Waals surface area (Å²) in [5.41, 5.74) is -0.575. The summed E-state index contributed by atoms with van der Waals surface area (Å²) in [5, 5.41) is 11.0. The van der Waals surface area contributed by atoms with Gasteiger partial charge in [-0.25, -0.2) is 4.79 Å². The van der Waals surface area contributed by atoms with Gasteiger partial charge < -0.3 is 15.2 Å². The lowest BCUT2D eigenvalue weighted by molar-refractivity contribution is -0.152. The number of aliphatic carboxylic acids is 1. The molecule has 1 aliphatic rings. The van der Waals surface area contributed by atoms with Gasteiger partial charge in [-0.3, -0.25) is 4.79 Å². The first-order valence-corrected chi connectivity index (χ1v) is 7.01. The van der Waals surface area contributed by atoms with Crippen LogP contribution in [0.2, 0.25) is 0 Å². The van der Waals surface area contributed by atoms with E-state index in [4.69, 9.17) is 9.84 Å². The second-order valence-corrected chi connectivity index (χ2v) is 5.13. The van der Waals surface area contributed by atoms with E-state index < -0.39 is 29.4 Å². The van der Waals surface area contributed by atoms with Crippen molar-refractivity contribution in [2.24, 2.45) is 5.92 Å². The predicted octanol–water partition coefficient (Wildman–Crippen LogP) is 2.16. The molecule has 1 amide bonds. The average Bonchev–Trinajstić information content (AvgIpc) is 3.29. The number of amides is 1. The fourth-order valence-corrected chi connectivity index (χ4v) is 2.17. The molecule has 22 heavy (non-hydrogen) atoms. The summed E-state index contributed by atoms with van der Waals surface area (Å²) in [6.45, 7) is 1.82. The first-order chi connectivity index (χ1) is 10.4. The Hall–Kier alpha value is -2.18. The first-order valence-electron chi connectivity index (χ1n) is 7.01. The standard InChI is InChI=1S/C15H17F2NO4/c1-2-22-11-6-4-3-5-10(11)15(16,17)14(21)18-12(13(19)20)9-7-8-9/h3-6,9,12H,2,7-8H2,1H3,(H,18,21)(H,19,20). The quantitative estimate of drug-likeness (QED) is 0.809. The number of carbonyl (C=O) groups is 2. The van der Waals surface area contributed by atoms with E-state index in [-0.39, 0.29) is 18.3 Å². The highest BCUT2D eigenvalue weighted by molar-refractivity contribution is 5.89. The van der Waals surface area contributed by atoms with Gasteiger partial charge in [-0.2, -0.15) is 8.78 Å². The van der Waals surface area contributed by atoms with Crippen LogP contribution in [0.15, 0.2) is 24.3 Å².